The summed E-state index contributed by atoms with van der Waals surface area (Å²) in [5.74, 6) is 0.849. The van der Waals surface area contributed by atoms with Gasteiger partial charge < -0.3 is 4.57 Å². The number of H-pyrrole nitrogens is 1. The minimum absolute atomic E-state index is 0.351. The number of hydrogen-bond donors (Lipinski definition) is 1. The number of piperazine rings is 1. The van der Waals surface area contributed by atoms with Gasteiger partial charge in [0.15, 0.2) is 11.2 Å². The minimum Gasteiger partial charge on any atom is -0.321 e. The molecule has 31 heavy (non-hydrogen) atoms. The van der Waals surface area contributed by atoms with Crippen LogP contribution in [0.4, 0.5) is 0 Å². The Morgan fingerprint density at radius 3 is 2.29 bits per heavy atom. The number of aromatic nitrogens is 5. The molecule has 0 saturated carbocycles. The van der Waals surface area contributed by atoms with Crippen molar-refractivity contribution in [2.24, 2.45) is 0 Å². The Bertz CT molecular complexity index is 1120. The molecule has 166 valence electrons. The molecule has 1 aliphatic rings. The number of aromatic amines is 1. The van der Waals surface area contributed by atoms with E-state index in [0.717, 1.165) is 51.4 Å². The first-order chi connectivity index (χ1) is 15.1. The molecule has 0 aliphatic carbocycles. The molecule has 0 aromatic carbocycles. The van der Waals surface area contributed by atoms with E-state index in [1.54, 1.807) is 4.57 Å². The number of aryl methyl sites for hydroxylation is 2. The van der Waals surface area contributed by atoms with Crippen LogP contribution in [0.3, 0.4) is 0 Å². The molecule has 4 heterocycles. The predicted octanol–water partition coefficient (Wildman–Crippen LogP) is 1.42. The third-order valence-electron chi connectivity index (χ3n) is 6.00. The number of unbranched alkanes of at least 4 members (excludes halogenated alkanes) is 1. The Labute approximate surface area is 181 Å². The van der Waals surface area contributed by atoms with Crippen molar-refractivity contribution in [2.45, 2.75) is 52.9 Å². The first-order valence-corrected chi connectivity index (χ1v) is 11.2. The van der Waals surface area contributed by atoms with Crippen molar-refractivity contribution in [3.8, 4) is 0 Å². The number of nitrogens with zero attached hydrogens (tertiary/aromatic N) is 6. The summed E-state index contributed by atoms with van der Waals surface area (Å²) < 4.78 is 3.57. The highest BCUT2D eigenvalue weighted by molar-refractivity contribution is 5.71. The van der Waals surface area contributed by atoms with Gasteiger partial charge in [-0.05, 0) is 31.0 Å². The molecule has 9 heteroatoms. The van der Waals surface area contributed by atoms with Crippen LogP contribution < -0.4 is 11.2 Å². The lowest BCUT2D eigenvalue weighted by Crippen LogP contribution is -2.45. The zero-order chi connectivity index (χ0) is 21.8. The van der Waals surface area contributed by atoms with Gasteiger partial charge in [0.25, 0.3) is 5.56 Å². The maximum Gasteiger partial charge on any atom is 0.330 e. The van der Waals surface area contributed by atoms with Crippen LogP contribution in [0.15, 0.2) is 34.1 Å². The topological polar surface area (TPSA) is 92.0 Å². The molecule has 0 unspecified atom stereocenters. The fraction of sp³-hybridized carbons (Fsp3) is 0.545. The van der Waals surface area contributed by atoms with E-state index in [-0.39, 0.29) is 11.2 Å². The summed E-state index contributed by atoms with van der Waals surface area (Å²) >= 11 is 0. The molecule has 0 atom stereocenters. The molecule has 1 saturated heterocycles. The number of pyridine rings is 1. The number of fused-ring (bicyclic) bond motifs is 1. The van der Waals surface area contributed by atoms with E-state index in [0.29, 0.717) is 30.8 Å². The SMILES string of the molecule is CCCCn1c(=O)[nH]c(=O)c2c1nc(CN1CCN(Cc3ccncc3)CC1)n2CC. The zero-order valence-electron chi connectivity index (χ0n) is 18.4. The molecule has 1 fully saturated rings. The Morgan fingerprint density at radius 2 is 1.65 bits per heavy atom. The van der Waals surface area contributed by atoms with E-state index in [4.69, 9.17) is 4.98 Å². The summed E-state index contributed by atoms with van der Waals surface area (Å²) in [4.78, 5) is 41.1. The maximum atomic E-state index is 12.6. The Morgan fingerprint density at radius 1 is 0.968 bits per heavy atom. The highest BCUT2D eigenvalue weighted by Gasteiger charge is 2.22. The summed E-state index contributed by atoms with van der Waals surface area (Å²) in [5.41, 5.74) is 1.57. The molecule has 9 nitrogen and oxygen atoms in total. The fourth-order valence-electron chi connectivity index (χ4n) is 4.25. The van der Waals surface area contributed by atoms with Crippen molar-refractivity contribution in [2.75, 3.05) is 26.2 Å². The lowest BCUT2D eigenvalue weighted by atomic mass is 10.2. The van der Waals surface area contributed by atoms with Crippen molar-refractivity contribution in [1.82, 2.24) is 33.9 Å². The van der Waals surface area contributed by atoms with Crippen LogP contribution in [0.5, 0.6) is 0 Å². The van der Waals surface area contributed by atoms with Gasteiger partial charge in [-0.15, -0.1) is 0 Å². The second-order valence-corrected chi connectivity index (χ2v) is 8.12. The second-order valence-electron chi connectivity index (χ2n) is 8.12. The fourth-order valence-corrected chi connectivity index (χ4v) is 4.25. The van der Waals surface area contributed by atoms with Gasteiger partial charge in [-0.2, -0.15) is 0 Å². The van der Waals surface area contributed by atoms with E-state index >= 15 is 0 Å². The normalized spacial score (nSPS) is 15.7. The van der Waals surface area contributed by atoms with Gasteiger partial charge in [0.1, 0.15) is 5.82 Å². The van der Waals surface area contributed by atoms with Gasteiger partial charge in [0.2, 0.25) is 0 Å². The van der Waals surface area contributed by atoms with Gasteiger partial charge in [-0.1, -0.05) is 13.3 Å². The molecule has 1 aliphatic heterocycles. The summed E-state index contributed by atoms with van der Waals surface area (Å²) in [6.07, 6.45) is 5.51. The third-order valence-corrected chi connectivity index (χ3v) is 6.00. The molecule has 0 amide bonds. The second kappa shape index (κ2) is 9.57. The van der Waals surface area contributed by atoms with Crippen LogP contribution in [0.25, 0.3) is 11.2 Å². The van der Waals surface area contributed by atoms with E-state index in [1.807, 2.05) is 23.9 Å². The van der Waals surface area contributed by atoms with Crippen LogP contribution in [0.1, 0.15) is 38.1 Å². The van der Waals surface area contributed by atoms with Gasteiger partial charge >= 0.3 is 5.69 Å². The summed E-state index contributed by atoms with van der Waals surface area (Å²) in [6.45, 7) is 10.8. The Hall–Kier alpha value is -2.78. The highest BCUT2D eigenvalue weighted by Crippen LogP contribution is 2.16. The summed E-state index contributed by atoms with van der Waals surface area (Å²) in [5, 5.41) is 0. The van der Waals surface area contributed by atoms with E-state index in [2.05, 4.69) is 38.8 Å². The van der Waals surface area contributed by atoms with Gasteiger partial charge in [0, 0.05) is 58.2 Å². The largest absolute Gasteiger partial charge is 0.330 e. The summed E-state index contributed by atoms with van der Waals surface area (Å²) in [6, 6.07) is 4.12. The van der Waals surface area contributed by atoms with Crippen LogP contribution in [-0.2, 0) is 26.2 Å². The van der Waals surface area contributed by atoms with Crippen molar-refractivity contribution in [1.29, 1.82) is 0 Å². The van der Waals surface area contributed by atoms with E-state index in [1.165, 1.54) is 5.56 Å². The minimum atomic E-state index is -0.372. The smallest absolute Gasteiger partial charge is 0.321 e. The van der Waals surface area contributed by atoms with E-state index in [9.17, 15) is 9.59 Å². The molecule has 0 bridgehead atoms. The lowest BCUT2D eigenvalue weighted by molar-refractivity contribution is 0.119. The number of nitrogens with one attached hydrogen (secondary N) is 1. The van der Waals surface area contributed by atoms with Crippen LogP contribution in [0.2, 0.25) is 0 Å². The number of hydrogen-bond acceptors (Lipinski definition) is 6. The molecular weight excluding hydrogens is 394 g/mol. The lowest BCUT2D eigenvalue weighted by Gasteiger charge is -2.34. The van der Waals surface area contributed by atoms with Gasteiger partial charge in [0.05, 0.1) is 6.54 Å². The van der Waals surface area contributed by atoms with Crippen molar-refractivity contribution < 1.29 is 0 Å². The van der Waals surface area contributed by atoms with E-state index < -0.39 is 0 Å². The summed E-state index contributed by atoms with van der Waals surface area (Å²) in [7, 11) is 0. The van der Waals surface area contributed by atoms with Crippen molar-refractivity contribution in [3.63, 3.8) is 0 Å². The molecule has 1 N–H and O–H groups in total. The Balaban J connectivity index is 1.51. The standard InChI is InChI=1S/C22H31N7O2/c1-3-5-10-29-20-19(21(30)25-22(29)31)28(4-2)18(24-20)16-27-13-11-26(12-14-27)15-17-6-8-23-9-7-17/h6-9H,3-5,10-16H2,1-2H3,(H,25,30,31). The maximum absolute atomic E-state index is 12.6. The quantitative estimate of drug-likeness (QED) is 0.587. The molecule has 3 aromatic heterocycles. The molecule has 3 aromatic rings. The molecule has 4 rings (SSSR count). The average Bonchev–Trinajstić information content (AvgIpc) is 3.14. The average molecular weight is 426 g/mol. The van der Waals surface area contributed by atoms with Crippen LogP contribution >= 0.6 is 0 Å². The zero-order valence-corrected chi connectivity index (χ0v) is 18.4. The highest BCUT2D eigenvalue weighted by atomic mass is 16.2. The number of rotatable bonds is 8. The van der Waals surface area contributed by atoms with Crippen LogP contribution in [-0.4, -0.2) is 60.1 Å². The van der Waals surface area contributed by atoms with Crippen molar-refractivity contribution >= 4 is 11.2 Å². The predicted molar refractivity (Wildman–Crippen MR) is 120 cm³/mol. The monoisotopic (exact) mass is 425 g/mol. The van der Waals surface area contributed by atoms with Gasteiger partial charge in [-0.25, -0.2) is 9.78 Å². The molecule has 0 radical (unpaired) electrons. The molecular formula is C22H31N7O2. The first kappa shape index (κ1) is 21.5. The van der Waals surface area contributed by atoms with Gasteiger partial charge in [-0.3, -0.25) is 29.1 Å². The Kier molecular flexibility index (Phi) is 6.62. The first-order valence-electron chi connectivity index (χ1n) is 11.2. The number of imidazole rings is 1. The molecule has 0 spiro atoms. The van der Waals surface area contributed by atoms with Crippen LogP contribution in [0, 0.1) is 0 Å². The van der Waals surface area contributed by atoms with Crippen molar-refractivity contribution in [3.05, 3.63) is 56.8 Å². The third kappa shape index (κ3) is 4.62.